The summed E-state index contributed by atoms with van der Waals surface area (Å²) in [5, 5.41) is 3.69. The third-order valence-corrected chi connectivity index (χ3v) is 5.19. The Balaban J connectivity index is 1.61. The van der Waals surface area contributed by atoms with Crippen LogP contribution in [0.1, 0.15) is 29.8 Å². The van der Waals surface area contributed by atoms with Crippen molar-refractivity contribution in [1.82, 2.24) is 0 Å². The standard InChI is InChI=1S/C21H21Cl2NO2/c1-13-9-16(12-26-14(13)2)10-15-3-6-18(7-4-15)24-21(25)19-11-17(22)5-8-20(19)23/h3-8,11,13-14,16H,10,12H2,1-2H3,(H,24,25). The molecule has 2 radical (unpaired) electrons. The van der Waals surface area contributed by atoms with Crippen LogP contribution in [0, 0.1) is 18.3 Å². The highest BCUT2D eigenvalue weighted by molar-refractivity contribution is 6.36. The summed E-state index contributed by atoms with van der Waals surface area (Å²) in [6.45, 7) is 4.92. The summed E-state index contributed by atoms with van der Waals surface area (Å²) < 4.78 is 5.78. The minimum atomic E-state index is -0.282. The van der Waals surface area contributed by atoms with Crippen LogP contribution >= 0.6 is 23.2 Å². The molecular formula is C21H21Cl2NO2. The fraction of sp³-hybridized carbons (Fsp3) is 0.333. The average Bonchev–Trinajstić information content (AvgIpc) is 2.62. The molecule has 1 N–H and O–H groups in total. The molecule has 1 fully saturated rings. The van der Waals surface area contributed by atoms with Crippen molar-refractivity contribution in [1.29, 1.82) is 0 Å². The number of hydrogen-bond acceptors (Lipinski definition) is 2. The van der Waals surface area contributed by atoms with E-state index in [0.717, 1.165) is 6.42 Å². The Labute approximate surface area is 164 Å². The Morgan fingerprint density at radius 1 is 1.19 bits per heavy atom. The van der Waals surface area contributed by atoms with Gasteiger partial charge in [0.25, 0.3) is 5.91 Å². The Kier molecular flexibility index (Phi) is 6.23. The quantitative estimate of drug-likeness (QED) is 0.744. The first-order chi connectivity index (χ1) is 12.4. The lowest BCUT2D eigenvalue weighted by molar-refractivity contribution is -0.0112. The van der Waals surface area contributed by atoms with Gasteiger partial charge in [-0.15, -0.1) is 0 Å². The number of carbonyl (C=O) groups excluding carboxylic acids is 1. The third-order valence-electron chi connectivity index (χ3n) is 4.63. The molecule has 26 heavy (non-hydrogen) atoms. The Morgan fingerprint density at radius 3 is 2.62 bits per heavy atom. The number of nitrogens with one attached hydrogen (secondary N) is 1. The lowest BCUT2D eigenvalue weighted by Crippen LogP contribution is -2.32. The molecule has 136 valence electrons. The van der Waals surface area contributed by atoms with Crippen molar-refractivity contribution in [2.24, 2.45) is 11.8 Å². The monoisotopic (exact) mass is 389 g/mol. The van der Waals surface area contributed by atoms with Gasteiger partial charge in [0.15, 0.2) is 0 Å². The van der Waals surface area contributed by atoms with E-state index >= 15 is 0 Å². The van der Waals surface area contributed by atoms with E-state index in [-0.39, 0.29) is 12.0 Å². The van der Waals surface area contributed by atoms with Crippen LogP contribution in [0.25, 0.3) is 0 Å². The van der Waals surface area contributed by atoms with E-state index in [1.54, 1.807) is 18.2 Å². The smallest absolute Gasteiger partial charge is 0.257 e. The zero-order valence-electron chi connectivity index (χ0n) is 14.8. The molecular weight excluding hydrogens is 369 g/mol. The summed E-state index contributed by atoms with van der Waals surface area (Å²) in [6, 6.07) is 12.6. The van der Waals surface area contributed by atoms with E-state index < -0.39 is 0 Å². The van der Waals surface area contributed by atoms with E-state index in [9.17, 15) is 4.79 Å². The molecule has 5 heteroatoms. The van der Waals surface area contributed by atoms with Crippen molar-refractivity contribution in [3.63, 3.8) is 0 Å². The Hall–Kier alpha value is -1.55. The summed E-state index contributed by atoms with van der Waals surface area (Å²) in [5.74, 6) is 0.358. The van der Waals surface area contributed by atoms with E-state index in [1.807, 2.05) is 24.3 Å². The normalized spacial score (nSPS) is 22.8. The first-order valence-electron chi connectivity index (χ1n) is 8.65. The van der Waals surface area contributed by atoms with E-state index in [0.29, 0.717) is 39.7 Å². The first-order valence-corrected chi connectivity index (χ1v) is 9.41. The minimum Gasteiger partial charge on any atom is -0.378 e. The fourth-order valence-electron chi connectivity index (χ4n) is 2.96. The number of benzene rings is 2. The summed E-state index contributed by atoms with van der Waals surface area (Å²) in [7, 11) is 0. The van der Waals surface area contributed by atoms with Gasteiger partial charge in [-0.3, -0.25) is 4.79 Å². The second kappa shape index (κ2) is 8.43. The van der Waals surface area contributed by atoms with Crippen LogP contribution < -0.4 is 5.32 Å². The number of ether oxygens (including phenoxy) is 1. The zero-order chi connectivity index (χ0) is 18.7. The van der Waals surface area contributed by atoms with Gasteiger partial charge in [-0.2, -0.15) is 0 Å². The maximum absolute atomic E-state index is 12.4. The third kappa shape index (κ3) is 4.79. The van der Waals surface area contributed by atoms with Gasteiger partial charge in [0.2, 0.25) is 0 Å². The molecule has 1 heterocycles. The molecule has 3 rings (SSSR count). The lowest BCUT2D eigenvalue weighted by Gasteiger charge is -2.31. The van der Waals surface area contributed by atoms with Gasteiger partial charge in [0.1, 0.15) is 0 Å². The number of hydrogen-bond donors (Lipinski definition) is 1. The van der Waals surface area contributed by atoms with Crippen molar-refractivity contribution in [3.8, 4) is 0 Å². The predicted molar refractivity (Wildman–Crippen MR) is 106 cm³/mol. The van der Waals surface area contributed by atoms with Crippen molar-refractivity contribution in [3.05, 3.63) is 70.1 Å². The summed E-state index contributed by atoms with van der Waals surface area (Å²) in [4.78, 5) is 12.4. The maximum atomic E-state index is 12.4. The predicted octanol–water partition coefficient (Wildman–Crippen LogP) is 5.54. The van der Waals surface area contributed by atoms with E-state index in [4.69, 9.17) is 27.9 Å². The van der Waals surface area contributed by atoms with Crippen molar-refractivity contribution < 1.29 is 9.53 Å². The highest BCUT2D eigenvalue weighted by atomic mass is 35.5. The molecule has 0 spiro atoms. The van der Waals surface area contributed by atoms with Gasteiger partial charge in [-0.1, -0.05) is 42.3 Å². The summed E-state index contributed by atoms with van der Waals surface area (Å²) in [5.41, 5.74) is 2.26. The van der Waals surface area contributed by atoms with Crippen molar-refractivity contribution >= 4 is 34.8 Å². The molecule has 0 aromatic heterocycles. The second-order valence-electron chi connectivity index (χ2n) is 6.67. The van der Waals surface area contributed by atoms with Crippen LogP contribution in [0.5, 0.6) is 0 Å². The molecule has 3 atom stereocenters. The van der Waals surface area contributed by atoms with Crippen LogP contribution in [0.15, 0.2) is 42.5 Å². The van der Waals surface area contributed by atoms with Gasteiger partial charge in [-0.05, 0) is 67.5 Å². The molecule has 3 nitrogen and oxygen atoms in total. The van der Waals surface area contributed by atoms with Crippen LogP contribution in [0.2, 0.25) is 10.0 Å². The Morgan fingerprint density at radius 2 is 1.92 bits per heavy atom. The highest BCUT2D eigenvalue weighted by Gasteiger charge is 2.26. The Bertz CT molecular complexity index is 776. The van der Waals surface area contributed by atoms with Gasteiger partial charge in [0, 0.05) is 10.7 Å². The van der Waals surface area contributed by atoms with E-state index in [1.165, 1.54) is 5.56 Å². The van der Waals surface area contributed by atoms with Crippen LogP contribution in [0.4, 0.5) is 5.69 Å². The molecule has 3 unspecified atom stereocenters. The number of amides is 1. The molecule has 0 saturated carbocycles. The number of rotatable bonds is 4. The number of carbonyl (C=O) groups is 1. The first kappa shape index (κ1) is 19.2. The minimum absolute atomic E-state index is 0.238. The molecule has 2 aromatic carbocycles. The molecule has 1 amide bonds. The van der Waals surface area contributed by atoms with Crippen LogP contribution in [0.3, 0.4) is 0 Å². The zero-order valence-corrected chi connectivity index (χ0v) is 16.3. The molecule has 2 aromatic rings. The van der Waals surface area contributed by atoms with Gasteiger partial charge >= 0.3 is 0 Å². The molecule has 1 aliphatic heterocycles. The van der Waals surface area contributed by atoms with Gasteiger partial charge < -0.3 is 10.1 Å². The summed E-state index contributed by atoms with van der Waals surface area (Å²) >= 11 is 12.0. The second-order valence-corrected chi connectivity index (χ2v) is 7.51. The molecule has 1 aliphatic rings. The van der Waals surface area contributed by atoms with Gasteiger partial charge in [-0.25, -0.2) is 0 Å². The highest BCUT2D eigenvalue weighted by Crippen LogP contribution is 2.27. The number of anilines is 1. The van der Waals surface area contributed by atoms with Crippen molar-refractivity contribution in [2.45, 2.75) is 26.4 Å². The fourth-order valence-corrected chi connectivity index (χ4v) is 3.34. The molecule has 1 saturated heterocycles. The van der Waals surface area contributed by atoms with Crippen molar-refractivity contribution in [2.75, 3.05) is 11.9 Å². The topological polar surface area (TPSA) is 38.3 Å². The number of halogens is 2. The largest absolute Gasteiger partial charge is 0.378 e. The SMILES string of the molecule is CC1[C]C(Cc2ccc(NC(=O)c3cc(Cl)ccc3Cl)cc2)COC1C. The lowest BCUT2D eigenvalue weighted by atomic mass is 9.86. The van der Waals surface area contributed by atoms with Crippen LogP contribution in [-0.2, 0) is 11.2 Å². The molecule has 0 aliphatic carbocycles. The van der Waals surface area contributed by atoms with E-state index in [2.05, 4.69) is 25.6 Å². The molecule has 0 bridgehead atoms. The van der Waals surface area contributed by atoms with Crippen LogP contribution in [-0.4, -0.2) is 18.6 Å². The average molecular weight is 390 g/mol. The summed E-state index contributed by atoms with van der Waals surface area (Å²) in [6.07, 6.45) is 4.69. The van der Waals surface area contributed by atoms with Gasteiger partial charge in [0.05, 0.1) is 23.3 Å². The maximum Gasteiger partial charge on any atom is 0.257 e.